The zero-order valence-electron chi connectivity index (χ0n) is 16.6. The molecule has 0 saturated carbocycles. The number of hydrogen-bond acceptors (Lipinski definition) is 5. The fourth-order valence-corrected chi connectivity index (χ4v) is 3.06. The van der Waals surface area contributed by atoms with E-state index in [0.717, 1.165) is 4.68 Å². The first-order chi connectivity index (χ1) is 14.0. The summed E-state index contributed by atoms with van der Waals surface area (Å²) in [5.41, 5.74) is -1.48. The molecular formula is C19H18ClF3N6O. The molecule has 0 atom stereocenters. The smallest absolute Gasteiger partial charge is 0.383 e. The lowest BCUT2D eigenvalue weighted by molar-refractivity contribution is -0.141. The van der Waals surface area contributed by atoms with Gasteiger partial charge in [0.15, 0.2) is 17.3 Å². The summed E-state index contributed by atoms with van der Waals surface area (Å²) in [6, 6.07) is 9.01. The Hall–Kier alpha value is -3.14. The molecule has 158 valence electrons. The summed E-state index contributed by atoms with van der Waals surface area (Å²) >= 11 is 6.02. The van der Waals surface area contributed by atoms with E-state index in [0.29, 0.717) is 11.4 Å². The van der Waals surface area contributed by atoms with Crippen molar-refractivity contribution < 1.29 is 18.0 Å². The molecule has 0 aliphatic heterocycles. The molecule has 3 aromatic rings. The van der Waals surface area contributed by atoms with Crippen LogP contribution in [0.25, 0.3) is 17.0 Å². The number of allylic oxidation sites excluding steroid dienone is 1. The molecule has 11 heteroatoms. The number of benzene rings is 1. The molecule has 0 bridgehead atoms. The van der Waals surface area contributed by atoms with Crippen molar-refractivity contribution in [2.45, 2.75) is 6.18 Å². The Morgan fingerprint density at radius 1 is 1.10 bits per heavy atom. The third-order valence-electron chi connectivity index (χ3n) is 4.14. The van der Waals surface area contributed by atoms with Gasteiger partial charge in [-0.1, -0.05) is 41.9 Å². The maximum Gasteiger partial charge on any atom is 0.435 e. The summed E-state index contributed by atoms with van der Waals surface area (Å²) in [7, 11) is 6.06. The summed E-state index contributed by atoms with van der Waals surface area (Å²) in [6.45, 7) is 0. The van der Waals surface area contributed by atoms with Crippen LogP contribution in [-0.4, -0.2) is 49.3 Å². The lowest BCUT2D eigenvalue weighted by atomic mass is 10.0. The van der Waals surface area contributed by atoms with E-state index in [2.05, 4.69) is 15.2 Å². The van der Waals surface area contributed by atoms with E-state index in [1.165, 1.54) is 22.8 Å². The van der Waals surface area contributed by atoms with Crippen LogP contribution in [0.4, 0.5) is 13.2 Å². The topological polar surface area (TPSA) is 68.8 Å². The van der Waals surface area contributed by atoms with Gasteiger partial charge in [0.1, 0.15) is 5.15 Å². The fraction of sp³-hybridized carbons (Fsp3) is 0.263. The van der Waals surface area contributed by atoms with Gasteiger partial charge in [0.05, 0.1) is 11.1 Å². The highest BCUT2D eigenvalue weighted by Gasteiger charge is 2.42. The summed E-state index contributed by atoms with van der Waals surface area (Å²) in [5.74, 6) is -0.524. The predicted octanol–water partition coefficient (Wildman–Crippen LogP) is 3.67. The second kappa shape index (κ2) is 7.94. The normalized spacial score (nSPS) is 12.3. The van der Waals surface area contributed by atoms with Gasteiger partial charge in [-0.05, 0) is 0 Å². The number of Topliss-reactive ketones (excluding diaryl/α,β-unsaturated/α-hetero) is 1. The maximum absolute atomic E-state index is 13.5. The summed E-state index contributed by atoms with van der Waals surface area (Å²) in [4.78, 5) is 19.2. The van der Waals surface area contributed by atoms with Gasteiger partial charge in [0, 0.05) is 40.0 Å². The Balaban J connectivity index is 2.17. The molecule has 30 heavy (non-hydrogen) atoms. The van der Waals surface area contributed by atoms with Crippen molar-refractivity contribution in [2.75, 3.05) is 14.1 Å². The van der Waals surface area contributed by atoms with E-state index in [-0.39, 0.29) is 11.4 Å². The molecule has 0 N–H and O–H groups in total. The number of aryl methyl sites for hydroxylation is 2. The molecule has 0 fully saturated rings. The lowest BCUT2D eigenvalue weighted by Gasteiger charge is -2.12. The highest BCUT2D eigenvalue weighted by molar-refractivity contribution is 6.38. The molecule has 0 radical (unpaired) electrons. The number of ketones is 1. The first-order valence-corrected chi connectivity index (χ1v) is 9.08. The largest absolute Gasteiger partial charge is 0.435 e. The molecule has 0 amide bonds. The van der Waals surface area contributed by atoms with E-state index in [1.807, 2.05) is 6.07 Å². The highest BCUT2D eigenvalue weighted by Crippen LogP contribution is 2.36. The van der Waals surface area contributed by atoms with Crippen molar-refractivity contribution in [2.24, 2.45) is 14.1 Å². The van der Waals surface area contributed by atoms with Crippen LogP contribution in [0.1, 0.15) is 21.9 Å². The van der Waals surface area contributed by atoms with E-state index in [1.54, 1.807) is 45.4 Å². The van der Waals surface area contributed by atoms with Crippen LogP contribution in [0.5, 0.6) is 0 Å². The molecule has 2 heterocycles. The van der Waals surface area contributed by atoms with Gasteiger partial charge >= 0.3 is 6.18 Å². The van der Waals surface area contributed by atoms with Crippen LogP contribution >= 0.6 is 11.6 Å². The number of rotatable bonds is 5. The Morgan fingerprint density at radius 2 is 1.73 bits per heavy atom. The number of carbonyl (C=O) groups is 1. The van der Waals surface area contributed by atoms with Crippen molar-refractivity contribution in [3.8, 4) is 11.4 Å². The van der Waals surface area contributed by atoms with Crippen molar-refractivity contribution in [1.82, 2.24) is 29.4 Å². The molecular weight excluding hydrogens is 421 g/mol. The van der Waals surface area contributed by atoms with Gasteiger partial charge in [-0.25, -0.2) is 9.67 Å². The molecule has 1 aromatic carbocycles. The number of halogens is 4. The third-order valence-corrected chi connectivity index (χ3v) is 4.57. The molecule has 3 rings (SSSR count). The minimum Gasteiger partial charge on any atom is -0.383 e. The van der Waals surface area contributed by atoms with Crippen molar-refractivity contribution in [1.29, 1.82) is 0 Å². The quantitative estimate of drug-likeness (QED) is 0.449. The van der Waals surface area contributed by atoms with Crippen LogP contribution in [-0.2, 0) is 20.3 Å². The van der Waals surface area contributed by atoms with Crippen molar-refractivity contribution >= 4 is 23.0 Å². The number of carbonyl (C=O) groups excluding carboxylic acids is 1. The molecule has 0 saturated heterocycles. The van der Waals surface area contributed by atoms with Crippen molar-refractivity contribution in [3.05, 3.63) is 58.8 Å². The molecule has 0 aliphatic carbocycles. The highest BCUT2D eigenvalue weighted by atomic mass is 35.5. The third kappa shape index (κ3) is 4.09. The Kier molecular flexibility index (Phi) is 5.71. The molecule has 2 aromatic heterocycles. The second-order valence-corrected chi connectivity index (χ2v) is 7.08. The Bertz CT molecular complexity index is 1120. The minimum absolute atomic E-state index is 0.0978. The zero-order valence-corrected chi connectivity index (χ0v) is 17.3. The van der Waals surface area contributed by atoms with E-state index < -0.39 is 28.4 Å². The lowest BCUT2D eigenvalue weighted by Crippen LogP contribution is -2.17. The summed E-state index contributed by atoms with van der Waals surface area (Å²) < 4.78 is 42.6. The van der Waals surface area contributed by atoms with Crippen LogP contribution in [0.2, 0.25) is 5.15 Å². The van der Waals surface area contributed by atoms with Crippen molar-refractivity contribution in [3.63, 3.8) is 0 Å². The molecule has 0 unspecified atom stereocenters. The maximum atomic E-state index is 13.5. The average Bonchev–Trinajstić information content (AvgIpc) is 3.20. The number of alkyl halides is 3. The average molecular weight is 439 g/mol. The van der Waals surface area contributed by atoms with Crippen LogP contribution < -0.4 is 0 Å². The van der Waals surface area contributed by atoms with Crippen LogP contribution in [0.3, 0.4) is 0 Å². The minimum atomic E-state index is -4.85. The Morgan fingerprint density at radius 3 is 2.30 bits per heavy atom. The molecule has 7 nitrogen and oxygen atoms in total. The van der Waals surface area contributed by atoms with Gasteiger partial charge < -0.3 is 4.90 Å². The van der Waals surface area contributed by atoms with Gasteiger partial charge in [-0.15, -0.1) is 0 Å². The fourth-order valence-electron chi connectivity index (χ4n) is 2.84. The van der Waals surface area contributed by atoms with Crippen LogP contribution in [0.15, 0.2) is 36.5 Å². The number of aromatic nitrogens is 5. The monoisotopic (exact) mass is 438 g/mol. The summed E-state index contributed by atoms with van der Waals surface area (Å²) in [5, 5.41) is 7.28. The van der Waals surface area contributed by atoms with Gasteiger partial charge in [-0.3, -0.25) is 9.48 Å². The second-order valence-electron chi connectivity index (χ2n) is 6.72. The molecule has 0 aliphatic rings. The van der Waals surface area contributed by atoms with E-state index in [4.69, 9.17) is 11.6 Å². The number of nitrogens with zero attached hydrogens (tertiary/aromatic N) is 6. The zero-order chi connectivity index (χ0) is 22.2. The van der Waals surface area contributed by atoms with Gasteiger partial charge in [0.25, 0.3) is 0 Å². The number of hydrogen-bond donors (Lipinski definition) is 0. The van der Waals surface area contributed by atoms with Gasteiger partial charge in [-0.2, -0.15) is 23.4 Å². The van der Waals surface area contributed by atoms with E-state index >= 15 is 0 Å². The Labute approximate surface area is 175 Å². The van der Waals surface area contributed by atoms with Crippen LogP contribution in [0, 0.1) is 0 Å². The predicted molar refractivity (Wildman–Crippen MR) is 106 cm³/mol. The SMILES string of the molecule is CN(C)C=C(C(=O)c1c(C(F)(F)F)nn(C)c1Cl)c1nc(-c2ccccc2)nn1C. The first-order valence-electron chi connectivity index (χ1n) is 8.70. The first kappa shape index (κ1) is 21.6. The van der Waals surface area contributed by atoms with Gasteiger partial charge in [0.2, 0.25) is 5.78 Å². The van der Waals surface area contributed by atoms with E-state index in [9.17, 15) is 18.0 Å². The molecule has 0 spiro atoms. The summed E-state index contributed by atoms with van der Waals surface area (Å²) in [6.07, 6.45) is -3.47. The standard InChI is InChI=1S/C19H18ClF3N6O/c1-27(2)10-12(14(30)13-15(19(21,22)23)25-28(3)16(13)20)18-24-17(26-29(18)4)11-8-6-5-7-9-11/h5-10H,1-4H3.